The van der Waals surface area contributed by atoms with Gasteiger partial charge < -0.3 is 5.32 Å². The molecular weight excluding hydrogens is 286 g/mol. The molecule has 5 heteroatoms. The Kier molecular flexibility index (Phi) is 3.61. The maximum Gasteiger partial charge on any atom is 0.162 e. The van der Waals surface area contributed by atoms with Crippen molar-refractivity contribution in [3.8, 4) is 11.4 Å². The topological polar surface area (TPSA) is 63.6 Å². The van der Waals surface area contributed by atoms with Crippen LogP contribution in [0.2, 0.25) is 0 Å². The number of fused-ring (bicyclic) bond motifs is 1. The van der Waals surface area contributed by atoms with Gasteiger partial charge in [-0.25, -0.2) is 9.97 Å². The first-order valence-corrected chi connectivity index (χ1v) is 8.10. The third-order valence-corrected chi connectivity index (χ3v) is 4.62. The third kappa shape index (κ3) is 2.74. The first-order chi connectivity index (χ1) is 11.3. The molecular formula is C18H19N5. The lowest BCUT2D eigenvalue weighted by Gasteiger charge is -2.19. The lowest BCUT2D eigenvalue weighted by atomic mass is 10.1. The monoisotopic (exact) mass is 305 g/mol. The summed E-state index contributed by atoms with van der Waals surface area (Å²) < 4.78 is 0. The Labute approximate surface area is 135 Å². The van der Waals surface area contributed by atoms with E-state index in [1.54, 1.807) is 24.8 Å². The molecule has 3 aromatic heterocycles. The van der Waals surface area contributed by atoms with Gasteiger partial charge in [-0.1, -0.05) is 13.3 Å². The molecule has 0 amide bonds. The van der Waals surface area contributed by atoms with E-state index in [0.29, 0.717) is 17.8 Å². The van der Waals surface area contributed by atoms with E-state index >= 15 is 0 Å². The van der Waals surface area contributed by atoms with E-state index in [0.717, 1.165) is 22.3 Å². The van der Waals surface area contributed by atoms with Gasteiger partial charge in [-0.15, -0.1) is 0 Å². The van der Waals surface area contributed by atoms with Crippen LogP contribution in [-0.4, -0.2) is 26.0 Å². The van der Waals surface area contributed by atoms with Gasteiger partial charge in [0.1, 0.15) is 5.82 Å². The minimum absolute atomic E-state index is 0.478. The van der Waals surface area contributed by atoms with Crippen LogP contribution in [0.5, 0.6) is 0 Å². The highest BCUT2D eigenvalue weighted by molar-refractivity contribution is 5.90. The zero-order valence-electron chi connectivity index (χ0n) is 13.1. The van der Waals surface area contributed by atoms with Crippen LogP contribution < -0.4 is 5.32 Å². The quantitative estimate of drug-likeness (QED) is 0.799. The van der Waals surface area contributed by atoms with Gasteiger partial charge >= 0.3 is 0 Å². The smallest absolute Gasteiger partial charge is 0.162 e. The minimum Gasteiger partial charge on any atom is -0.366 e. The van der Waals surface area contributed by atoms with Gasteiger partial charge in [-0.05, 0) is 37.0 Å². The summed E-state index contributed by atoms with van der Waals surface area (Å²) in [6, 6.07) is 6.32. The van der Waals surface area contributed by atoms with Crippen LogP contribution in [0.15, 0.2) is 43.0 Å². The minimum atomic E-state index is 0.478. The van der Waals surface area contributed by atoms with Crippen molar-refractivity contribution in [2.24, 2.45) is 5.92 Å². The number of nitrogens with zero attached hydrogens (tertiary/aromatic N) is 4. The fourth-order valence-electron chi connectivity index (χ4n) is 3.26. The summed E-state index contributed by atoms with van der Waals surface area (Å²) in [4.78, 5) is 17.7. The molecule has 3 aromatic rings. The lowest BCUT2D eigenvalue weighted by molar-refractivity contribution is 0.555. The summed E-state index contributed by atoms with van der Waals surface area (Å²) in [7, 11) is 0. The summed E-state index contributed by atoms with van der Waals surface area (Å²) >= 11 is 0. The van der Waals surface area contributed by atoms with E-state index in [2.05, 4.69) is 27.2 Å². The van der Waals surface area contributed by atoms with E-state index < -0.39 is 0 Å². The van der Waals surface area contributed by atoms with Crippen molar-refractivity contribution in [3.05, 3.63) is 43.0 Å². The molecule has 0 unspecified atom stereocenters. The van der Waals surface area contributed by atoms with Crippen LogP contribution in [0.4, 0.5) is 5.82 Å². The van der Waals surface area contributed by atoms with E-state index in [9.17, 15) is 0 Å². The van der Waals surface area contributed by atoms with Crippen LogP contribution in [0.3, 0.4) is 0 Å². The maximum absolute atomic E-state index is 4.79. The van der Waals surface area contributed by atoms with Crippen LogP contribution in [0, 0.1) is 5.92 Å². The standard InChI is InChI=1S/C18H19N5/c1-12-3-2-4-15(12)21-18-14-7-10-20-11-16(14)22-17(23-18)13-5-8-19-9-6-13/h5-12,15H,2-4H2,1H3,(H,21,22,23)/t12-,15-/m1/s1. The van der Waals surface area contributed by atoms with E-state index in [4.69, 9.17) is 4.98 Å². The summed E-state index contributed by atoms with van der Waals surface area (Å²) in [5.41, 5.74) is 1.83. The van der Waals surface area contributed by atoms with Crippen LogP contribution in [0.25, 0.3) is 22.3 Å². The molecule has 3 heterocycles. The van der Waals surface area contributed by atoms with E-state index in [1.165, 1.54) is 19.3 Å². The molecule has 0 bridgehead atoms. The molecule has 0 aliphatic heterocycles. The Bertz CT molecular complexity index is 818. The first-order valence-electron chi connectivity index (χ1n) is 8.10. The number of pyridine rings is 2. The van der Waals surface area contributed by atoms with Gasteiger partial charge in [0, 0.05) is 35.6 Å². The van der Waals surface area contributed by atoms with Gasteiger partial charge in [-0.3, -0.25) is 9.97 Å². The second kappa shape index (κ2) is 5.91. The fourth-order valence-corrected chi connectivity index (χ4v) is 3.26. The number of hydrogen-bond acceptors (Lipinski definition) is 5. The van der Waals surface area contributed by atoms with Crippen molar-refractivity contribution in [1.29, 1.82) is 0 Å². The highest BCUT2D eigenvalue weighted by Gasteiger charge is 2.24. The lowest BCUT2D eigenvalue weighted by Crippen LogP contribution is -2.22. The summed E-state index contributed by atoms with van der Waals surface area (Å²) in [5, 5.41) is 4.67. The molecule has 23 heavy (non-hydrogen) atoms. The van der Waals surface area contributed by atoms with Gasteiger partial charge in [-0.2, -0.15) is 0 Å². The molecule has 1 saturated carbocycles. The largest absolute Gasteiger partial charge is 0.366 e. The first kappa shape index (κ1) is 14.1. The molecule has 116 valence electrons. The second-order valence-corrected chi connectivity index (χ2v) is 6.18. The Morgan fingerprint density at radius 1 is 1.00 bits per heavy atom. The maximum atomic E-state index is 4.79. The normalized spacial score (nSPS) is 20.7. The molecule has 1 fully saturated rings. The Hall–Kier alpha value is -2.56. The SMILES string of the molecule is C[C@@H]1CCC[C@H]1Nc1nc(-c2ccncc2)nc2cnccc12. The van der Waals surface area contributed by atoms with Crippen molar-refractivity contribution in [2.75, 3.05) is 5.32 Å². The van der Waals surface area contributed by atoms with Crippen molar-refractivity contribution in [2.45, 2.75) is 32.2 Å². The predicted octanol–water partition coefficient (Wildman–Crippen LogP) is 3.69. The van der Waals surface area contributed by atoms with Gasteiger partial charge in [0.25, 0.3) is 0 Å². The summed E-state index contributed by atoms with van der Waals surface area (Å²) in [6.45, 7) is 2.30. The fraction of sp³-hybridized carbons (Fsp3) is 0.333. The zero-order chi connectivity index (χ0) is 15.6. The van der Waals surface area contributed by atoms with Crippen LogP contribution >= 0.6 is 0 Å². The third-order valence-electron chi connectivity index (χ3n) is 4.62. The average molecular weight is 305 g/mol. The molecule has 0 saturated heterocycles. The molecule has 0 spiro atoms. The summed E-state index contributed by atoms with van der Waals surface area (Å²) in [5.74, 6) is 2.29. The number of nitrogens with one attached hydrogen (secondary N) is 1. The Morgan fingerprint density at radius 2 is 1.83 bits per heavy atom. The second-order valence-electron chi connectivity index (χ2n) is 6.18. The zero-order valence-corrected chi connectivity index (χ0v) is 13.1. The van der Waals surface area contributed by atoms with Gasteiger partial charge in [0.05, 0.1) is 11.7 Å². The van der Waals surface area contributed by atoms with Crippen molar-refractivity contribution >= 4 is 16.7 Å². The number of rotatable bonds is 3. The molecule has 5 nitrogen and oxygen atoms in total. The van der Waals surface area contributed by atoms with E-state index in [-0.39, 0.29) is 0 Å². The molecule has 4 rings (SSSR count). The molecule has 1 aliphatic rings. The number of hydrogen-bond donors (Lipinski definition) is 1. The van der Waals surface area contributed by atoms with Gasteiger partial charge in [0.2, 0.25) is 0 Å². The highest BCUT2D eigenvalue weighted by Crippen LogP contribution is 2.30. The van der Waals surface area contributed by atoms with Crippen molar-refractivity contribution in [3.63, 3.8) is 0 Å². The van der Waals surface area contributed by atoms with E-state index in [1.807, 2.05) is 18.2 Å². The molecule has 0 aromatic carbocycles. The Balaban J connectivity index is 1.81. The molecule has 1 N–H and O–H groups in total. The van der Waals surface area contributed by atoms with Crippen LogP contribution in [-0.2, 0) is 0 Å². The predicted molar refractivity (Wildman–Crippen MR) is 91.0 cm³/mol. The highest BCUT2D eigenvalue weighted by atomic mass is 15.1. The Morgan fingerprint density at radius 3 is 2.61 bits per heavy atom. The molecule has 1 aliphatic carbocycles. The van der Waals surface area contributed by atoms with Gasteiger partial charge in [0.15, 0.2) is 5.82 Å². The van der Waals surface area contributed by atoms with Crippen LogP contribution in [0.1, 0.15) is 26.2 Å². The van der Waals surface area contributed by atoms with Crippen molar-refractivity contribution in [1.82, 2.24) is 19.9 Å². The molecule has 0 radical (unpaired) electrons. The molecule has 2 atom stereocenters. The van der Waals surface area contributed by atoms with Crippen molar-refractivity contribution < 1.29 is 0 Å². The average Bonchev–Trinajstić information content (AvgIpc) is 3.00. The number of aromatic nitrogens is 4. The summed E-state index contributed by atoms with van der Waals surface area (Å²) in [6.07, 6.45) is 10.9. The number of anilines is 1.